The fourth-order valence-electron chi connectivity index (χ4n) is 3.16. The Balaban J connectivity index is 1.59. The van der Waals surface area contributed by atoms with E-state index >= 15 is 0 Å². The molecular formula is C15H21N5S. The number of aliphatic imine (C=N–C) groups is 1. The molecule has 2 saturated carbocycles. The number of thiazole rings is 1. The second-order valence-corrected chi connectivity index (χ2v) is 7.07. The molecule has 0 bridgehead atoms. The summed E-state index contributed by atoms with van der Waals surface area (Å²) in [7, 11) is 0. The molecule has 6 heteroatoms. The molecule has 0 saturated heterocycles. The number of nitrogens with one attached hydrogen (secondary N) is 1. The van der Waals surface area contributed by atoms with Gasteiger partial charge in [-0.25, -0.2) is 9.98 Å². The number of rotatable bonds is 4. The van der Waals surface area contributed by atoms with E-state index < -0.39 is 0 Å². The molecule has 2 fully saturated rings. The average molecular weight is 303 g/mol. The highest BCUT2D eigenvalue weighted by atomic mass is 32.1. The predicted octanol–water partition coefficient (Wildman–Crippen LogP) is 3.03. The largest absolute Gasteiger partial charge is 0.387 e. The Kier molecular flexibility index (Phi) is 4.39. The molecule has 0 radical (unpaired) electrons. The van der Waals surface area contributed by atoms with Crippen LogP contribution in [0, 0.1) is 17.4 Å². The van der Waals surface area contributed by atoms with Crippen LogP contribution in [0.4, 0.5) is 5.00 Å². The van der Waals surface area contributed by atoms with Crippen LogP contribution in [0.2, 0.25) is 0 Å². The molecule has 0 atom stereocenters. The number of nitrogens with zero attached hydrogens (tertiary/aromatic N) is 3. The topological polar surface area (TPSA) is 87.1 Å². The van der Waals surface area contributed by atoms with Crippen LogP contribution in [-0.2, 0) is 0 Å². The fraction of sp³-hybridized carbons (Fsp3) is 0.667. The summed E-state index contributed by atoms with van der Waals surface area (Å²) in [5, 5.41) is 13.5. The minimum Gasteiger partial charge on any atom is -0.387 e. The van der Waals surface area contributed by atoms with Crippen molar-refractivity contribution < 1.29 is 0 Å². The molecule has 1 heterocycles. The van der Waals surface area contributed by atoms with Gasteiger partial charge >= 0.3 is 0 Å². The van der Waals surface area contributed by atoms with Crippen molar-refractivity contribution in [2.75, 3.05) is 0 Å². The van der Waals surface area contributed by atoms with Gasteiger partial charge in [0.1, 0.15) is 10.8 Å². The Morgan fingerprint density at radius 3 is 2.86 bits per heavy atom. The molecule has 1 aromatic rings. The molecule has 0 spiro atoms. The highest BCUT2D eigenvalue weighted by Crippen LogP contribution is 2.37. The van der Waals surface area contributed by atoms with E-state index in [1.54, 1.807) is 11.3 Å². The van der Waals surface area contributed by atoms with E-state index in [1.807, 2.05) is 12.4 Å². The lowest BCUT2D eigenvalue weighted by atomic mass is 9.79. The van der Waals surface area contributed by atoms with E-state index in [1.165, 1.54) is 37.1 Å². The van der Waals surface area contributed by atoms with Crippen molar-refractivity contribution in [2.24, 2.45) is 16.6 Å². The second-order valence-electron chi connectivity index (χ2n) is 6.03. The van der Waals surface area contributed by atoms with E-state index in [0.29, 0.717) is 17.7 Å². The highest BCUT2D eigenvalue weighted by molar-refractivity contribution is 7.15. The molecule has 3 N–H and O–H groups in total. The first-order valence-electron chi connectivity index (χ1n) is 7.70. The SMILES string of the molecule is N#CNC1CC(C(N)=Nc2cnc(C3CCCCC3)s2)C1. The first-order chi connectivity index (χ1) is 10.3. The van der Waals surface area contributed by atoms with Crippen LogP contribution in [0.25, 0.3) is 0 Å². The maximum Gasteiger partial charge on any atom is 0.176 e. The van der Waals surface area contributed by atoms with Crippen LogP contribution in [0.15, 0.2) is 11.2 Å². The maximum absolute atomic E-state index is 8.56. The van der Waals surface area contributed by atoms with Crippen LogP contribution in [0.1, 0.15) is 55.9 Å². The first-order valence-corrected chi connectivity index (χ1v) is 8.52. The van der Waals surface area contributed by atoms with Gasteiger partial charge in [0.25, 0.3) is 0 Å². The summed E-state index contributed by atoms with van der Waals surface area (Å²) in [6.07, 6.45) is 12.2. The lowest BCUT2D eigenvalue weighted by molar-refractivity contribution is 0.311. The van der Waals surface area contributed by atoms with Gasteiger partial charge in [0.05, 0.1) is 11.2 Å². The van der Waals surface area contributed by atoms with E-state index in [0.717, 1.165) is 17.8 Å². The van der Waals surface area contributed by atoms with Gasteiger partial charge in [-0.2, -0.15) is 5.26 Å². The molecule has 0 unspecified atom stereocenters. The molecular weight excluding hydrogens is 282 g/mol. The highest BCUT2D eigenvalue weighted by Gasteiger charge is 2.31. The Hall–Kier alpha value is -1.61. The molecule has 0 amide bonds. The molecule has 3 rings (SSSR count). The van der Waals surface area contributed by atoms with Gasteiger partial charge in [-0.15, -0.1) is 0 Å². The summed E-state index contributed by atoms with van der Waals surface area (Å²) in [6.45, 7) is 0. The van der Waals surface area contributed by atoms with Crippen LogP contribution >= 0.6 is 11.3 Å². The Bertz CT molecular complexity index is 547. The number of nitriles is 1. The summed E-state index contributed by atoms with van der Waals surface area (Å²) in [5.41, 5.74) is 6.08. The zero-order chi connectivity index (χ0) is 14.7. The Labute approximate surface area is 129 Å². The molecule has 2 aliphatic rings. The van der Waals surface area contributed by atoms with Gasteiger partial charge in [0.15, 0.2) is 6.19 Å². The van der Waals surface area contributed by atoms with E-state index in [4.69, 9.17) is 11.0 Å². The molecule has 5 nitrogen and oxygen atoms in total. The van der Waals surface area contributed by atoms with Crippen molar-refractivity contribution in [3.05, 3.63) is 11.2 Å². The van der Waals surface area contributed by atoms with Gasteiger partial charge in [-0.05, 0) is 25.7 Å². The lowest BCUT2D eigenvalue weighted by Crippen LogP contribution is -2.44. The third-order valence-electron chi connectivity index (χ3n) is 4.53. The van der Waals surface area contributed by atoms with Gasteiger partial charge in [0.2, 0.25) is 0 Å². The van der Waals surface area contributed by atoms with Gasteiger partial charge < -0.3 is 11.1 Å². The smallest absolute Gasteiger partial charge is 0.176 e. The van der Waals surface area contributed by atoms with Crippen molar-refractivity contribution in [3.63, 3.8) is 0 Å². The van der Waals surface area contributed by atoms with E-state index in [-0.39, 0.29) is 6.04 Å². The number of aromatic nitrogens is 1. The summed E-state index contributed by atoms with van der Waals surface area (Å²) < 4.78 is 0. The lowest BCUT2D eigenvalue weighted by Gasteiger charge is -2.33. The minimum absolute atomic E-state index is 0.271. The van der Waals surface area contributed by atoms with Crippen LogP contribution in [-0.4, -0.2) is 16.9 Å². The summed E-state index contributed by atoms with van der Waals surface area (Å²) in [5.74, 6) is 1.61. The number of nitrogens with two attached hydrogens (primary N) is 1. The zero-order valence-corrected chi connectivity index (χ0v) is 12.9. The minimum atomic E-state index is 0.271. The first kappa shape index (κ1) is 14.3. The van der Waals surface area contributed by atoms with Crippen molar-refractivity contribution in [1.82, 2.24) is 10.3 Å². The molecule has 2 aliphatic carbocycles. The van der Waals surface area contributed by atoms with E-state index in [9.17, 15) is 0 Å². The normalized spacial score (nSPS) is 26.9. The monoisotopic (exact) mass is 303 g/mol. The summed E-state index contributed by atoms with van der Waals surface area (Å²) in [6, 6.07) is 0.271. The van der Waals surface area contributed by atoms with Crippen molar-refractivity contribution >= 4 is 22.2 Å². The summed E-state index contributed by atoms with van der Waals surface area (Å²) >= 11 is 1.68. The van der Waals surface area contributed by atoms with Crippen molar-refractivity contribution in [3.8, 4) is 6.19 Å². The van der Waals surface area contributed by atoms with E-state index in [2.05, 4.69) is 15.3 Å². The molecule has 112 valence electrons. The number of hydrogen-bond donors (Lipinski definition) is 2. The number of hydrogen-bond acceptors (Lipinski definition) is 5. The zero-order valence-electron chi connectivity index (χ0n) is 12.1. The predicted molar refractivity (Wildman–Crippen MR) is 84.5 cm³/mol. The molecule has 0 aliphatic heterocycles. The van der Waals surface area contributed by atoms with Crippen molar-refractivity contribution in [2.45, 2.75) is 56.9 Å². The standard InChI is InChI=1S/C15H21N5S/c16-9-19-12-6-11(7-12)14(17)20-13-8-18-15(21-13)10-4-2-1-3-5-10/h8,10-12,19H,1-7H2,(H2,17,20). The molecule has 0 aromatic carbocycles. The third-order valence-corrected chi connectivity index (χ3v) is 5.58. The average Bonchev–Trinajstić information content (AvgIpc) is 2.91. The van der Waals surface area contributed by atoms with Crippen LogP contribution < -0.4 is 11.1 Å². The van der Waals surface area contributed by atoms with Crippen molar-refractivity contribution in [1.29, 1.82) is 5.26 Å². The summed E-state index contributed by atoms with van der Waals surface area (Å²) in [4.78, 5) is 9.07. The second kappa shape index (κ2) is 6.44. The Morgan fingerprint density at radius 1 is 1.38 bits per heavy atom. The third kappa shape index (κ3) is 3.35. The van der Waals surface area contributed by atoms with Gasteiger partial charge in [0, 0.05) is 17.9 Å². The maximum atomic E-state index is 8.56. The van der Waals surface area contributed by atoms with Gasteiger partial charge in [-0.1, -0.05) is 30.6 Å². The molecule has 1 aromatic heterocycles. The van der Waals surface area contributed by atoms with Crippen LogP contribution in [0.3, 0.4) is 0 Å². The molecule has 21 heavy (non-hydrogen) atoms. The van der Waals surface area contributed by atoms with Crippen LogP contribution in [0.5, 0.6) is 0 Å². The fourth-order valence-corrected chi connectivity index (χ4v) is 4.13. The Morgan fingerprint density at radius 2 is 2.14 bits per heavy atom. The quantitative estimate of drug-likeness (QED) is 0.387. The van der Waals surface area contributed by atoms with Gasteiger partial charge in [-0.3, -0.25) is 0 Å². The number of amidine groups is 1.